The number of aryl methyl sites for hydroxylation is 4. The summed E-state index contributed by atoms with van der Waals surface area (Å²) in [5, 5.41) is 0. The molecule has 1 N–H and O–H groups in total. The summed E-state index contributed by atoms with van der Waals surface area (Å²) >= 11 is 0. The zero-order valence-corrected chi connectivity index (χ0v) is 18.4. The molecule has 31 heavy (non-hydrogen) atoms. The Balaban J connectivity index is 1.79. The molecule has 0 aliphatic carbocycles. The number of ether oxygens (including phenoxy) is 2. The van der Waals surface area contributed by atoms with E-state index in [1.165, 1.54) is 4.57 Å². The molecule has 0 aliphatic rings. The van der Waals surface area contributed by atoms with Gasteiger partial charge in [0.15, 0.2) is 17.8 Å². The summed E-state index contributed by atoms with van der Waals surface area (Å²) in [5.74, 6) is 0.514. The summed E-state index contributed by atoms with van der Waals surface area (Å²) < 4.78 is 14.1. The van der Waals surface area contributed by atoms with Gasteiger partial charge in [-0.1, -0.05) is 31.5 Å². The van der Waals surface area contributed by atoms with Gasteiger partial charge in [0.2, 0.25) is 0 Å². The van der Waals surface area contributed by atoms with Gasteiger partial charge in [-0.15, -0.1) is 0 Å². The molecule has 0 aliphatic heterocycles. The quantitative estimate of drug-likeness (QED) is 0.525. The van der Waals surface area contributed by atoms with E-state index in [2.05, 4.69) is 9.97 Å². The van der Waals surface area contributed by atoms with Crippen LogP contribution in [0.4, 0.5) is 0 Å². The number of aromatic amines is 1. The lowest BCUT2D eigenvalue weighted by Gasteiger charge is -2.11. The fourth-order valence-electron chi connectivity index (χ4n) is 3.54. The number of rotatable bonds is 9. The van der Waals surface area contributed by atoms with Gasteiger partial charge in [0.05, 0.1) is 0 Å². The van der Waals surface area contributed by atoms with Crippen molar-refractivity contribution < 1.29 is 14.3 Å². The Bertz CT molecular complexity index is 1180. The molecular formula is C22H28N4O5. The Hall–Kier alpha value is -3.36. The highest BCUT2D eigenvalue weighted by Gasteiger charge is 2.19. The first-order chi connectivity index (χ1) is 14.9. The van der Waals surface area contributed by atoms with E-state index in [-0.39, 0.29) is 13.2 Å². The van der Waals surface area contributed by atoms with Crippen molar-refractivity contribution in [3.8, 4) is 5.75 Å². The average molecular weight is 428 g/mol. The third kappa shape index (κ3) is 4.70. The topological polar surface area (TPSA) is 108 Å². The standard InChI is InChI=1S/C22H28N4O5/c1-5-7-11-26-20-18(21(28)24-22(26)29)25(6-2)16(23-20)12-30-17(27)13-31-19-14(3)9-8-10-15(19)4/h8-10H,5-7,11-13H2,1-4H3,(H,24,28,29). The van der Waals surface area contributed by atoms with Crippen molar-refractivity contribution in [2.75, 3.05) is 6.61 Å². The van der Waals surface area contributed by atoms with Crippen molar-refractivity contribution in [1.82, 2.24) is 19.1 Å². The third-order valence-electron chi connectivity index (χ3n) is 5.12. The van der Waals surface area contributed by atoms with Crippen LogP contribution >= 0.6 is 0 Å². The summed E-state index contributed by atoms with van der Waals surface area (Å²) in [6.07, 6.45) is 1.67. The number of aromatic nitrogens is 4. The van der Waals surface area contributed by atoms with Gasteiger partial charge in [0.1, 0.15) is 18.2 Å². The normalized spacial score (nSPS) is 11.1. The average Bonchev–Trinajstić information content (AvgIpc) is 3.10. The highest BCUT2D eigenvalue weighted by molar-refractivity contribution is 5.72. The van der Waals surface area contributed by atoms with E-state index in [9.17, 15) is 14.4 Å². The van der Waals surface area contributed by atoms with E-state index in [4.69, 9.17) is 9.47 Å². The number of imidazole rings is 1. The van der Waals surface area contributed by atoms with Crippen LogP contribution in [0.5, 0.6) is 5.75 Å². The molecule has 0 radical (unpaired) electrons. The predicted octanol–water partition coefficient (Wildman–Crippen LogP) is 2.45. The number of nitrogens with zero attached hydrogens (tertiary/aromatic N) is 3. The summed E-state index contributed by atoms with van der Waals surface area (Å²) in [6.45, 7) is 8.23. The Labute approximate surface area is 179 Å². The molecule has 3 rings (SSSR count). The number of carbonyl (C=O) groups excluding carboxylic acids is 1. The second-order valence-electron chi connectivity index (χ2n) is 7.38. The van der Waals surface area contributed by atoms with Crippen molar-refractivity contribution in [1.29, 1.82) is 0 Å². The third-order valence-corrected chi connectivity index (χ3v) is 5.12. The van der Waals surface area contributed by atoms with Gasteiger partial charge >= 0.3 is 11.7 Å². The number of fused-ring (bicyclic) bond motifs is 1. The number of nitrogens with one attached hydrogen (secondary N) is 1. The molecule has 9 heteroatoms. The zero-order valence-electron chi connectivity index (χ0n) is 18.4. The Morgan fingerprint density at radius 2 is 1.84 bits per heavy atom. The van der Waals surface area contributed by atoms with Gasteiger partial charge in [0.25, 0.3) is 5.56 Å². The van der Waals surface area contributed by atoms with E-state index in [1.807, 2.05) is 45.9 Å². The van der Waals surface area contributed by atoms with E-state index >= 15 is 0 Å². The molecule has 2 aromatic heterocycles. The lowest BCUT2D eigenvalue weighted by atomic mass is 10.1. The monoisotopic (exact) mass is 428 g/mol. The minimum absolute atomic E-state index is 0.126. The number of H-pyrrole nitrogens is 1. The van der Waals surface area contributed by atoms with E-state index in [0.717, 1.165) is 24.0 Å². The smallest absolute Gasteiger partial charge is 0.344 e. The summed E-state index contributed by atoms with van der Waals surface area (Å²) in [6, 6.07) is 5.74. The Morgan fingerprint density at radius 1 is 1.13 bits per heavy atom. The number of hydrogen-bond acceptors (Lipinski definition) is 6. The van der Waals surface area contributed by atoms with Crippen LogP contribution < -0.4 is 16.0 Å². The molecule has 0 saturated heterocycles. The minimum atomic E-state index is -0.547. The van der Waals surface area contributed by atoms with Gasteiger partial charge in [-0.25, -0.2) is 14.6 Å². The largest absolute Gasteiger partial charge is 0.481 e. The van der Waals surface area contributed by atoms with Gasteiger partial charge in [0, 0.05) is 13.1 Å². The first kappa shape index (κ1) is 22.3. The molecule has 9 nitrogen and oxygen atoms in total. The molecule has 2 heterocycles. The number of carbonyl (C=O) groups is 1. The van der Waals surface area contributed by atoms with Crippen molar-refractivity contribution in [2.45, 2.75) is 60.2 Å². The molecule has 0 bridgehead atoms. The van der Waals surface area contributed by atoms with Gasteiger partial charge in [-0.3, -0.25) is 14.3 Å². The minimum Gasteiger partial charge on any atom is -0.481 e. The SMILES string of the molecule is CCCCn1c(=O)[nH]c(=O)c2c1nc(COC(=O)COc1c(C)cccc1C)n2CC. The molecule has 0 fully saturated rings. The van der Waals surface area contributed by atoms with E-state index in [0.29, 0.717) is 35.8 Å². The summed E-state index contributed by atoms with van der Waals surface area (Å²) in [7, 11) is 0. The first-order valence-electron chi connectivity index (χ1n) is 10.4. The van der Waals surface area contributed by atoms with Crippen LogP contribution in [0, 0.1) is 13.8 Å². The molecule has 0 unspecified atom stereocenters. The Kier molecular flexibility index (Phi) is 6.94. The second kappa shape index (κ2) is 9.63. The van der Waals surface area contributed by atoms with Crippen LogP contribution in [0.1, 0.15) is 43.6 Å². The van der Waals surface area contributed by atoms with Crippen LogP contribution in [0.15, 0.2) is 27.8 Å². The number of benzene rings is 1. The zero-order chi connectivity index (χ0) is 22.5. The van der Waals surface area contributed by atoms with Crippen molar-refractivity contribution >= 4 is 17.1 Å². The number of hydrogen-bond donors (Lipinski definition) is 1. The van der Waals surface area contributed by atoms with Gasteiger partial charge in [-0.2, -0.15) is 0 Å². The predicted molar refractivity (Wildman–Crippen MR) is 116 cm³/mol. The molecule has 3 aromatic rings. The lowest BCUT2D eigenvalue weighted by molar-refractivity contribution is -0.147. The van der Waals surface area contributed by atoms with E-state index < -0.39 is 17.2 Å². The summed E-state index contributed by atoms with van der Waals surface area (Å²) in [4.78, 5) is 43.8. The lowest BCUT2D eigenvalue weighted by Crippen LogP contribution is -2.31. The maximum Gasteiger partial charge on any atom is 0.344 e. The number of para-hydroxylation sites is 1. The maximum atomic E-state index is 12.4. The molecule has 1 aromatic carbocycles. The van der Waals surface area contributed by atoms with Crippen LogP contribution in [-0.2, 0) is 29.2 Å². The first-order valence-corrected chi connectivity index (χ1v) is 10.4. The van der Waals surface area contributed by atoms with Crippen molar-refractivity contribution in [3.05, 3.63) is 56.0 Å². The van der Waals surface area contributed by atoms with Crippen LogP contribution in [-0.4, -0.2) is 31.7 Å². The van der Waals surface area contributed by atoms with Crippen LogP contribution in [0.3, 0.4) is 0 Å². The molecule has 0 saturated carbocycles. The number of esters is 1. The fourth-order valence-corrected chi connectivity index (χ4v) is 3.54. The number of unbranched alkanes of at least 4 members (excludes halogenated alkanes) is 1. The van der Waals surface area contributed by atoms with Crippen molar-refractivity contribution in [3.63, 3.8) is 0 Å². The Morgan fingerprint density at radius 3 is 2.48 bits per heavy atom. The van der Waals surface area contributed by atoms with Crippen LogP contribution in [0.2, 0.25) is 0 Å². The highest BCUT2D eigenvalue weighted by Crippen LogP contribution is 2.22. The molecule has 0 atom stereocenters. The van der Waals surface area contributed by atoms with Crippen LogP contribution in [0.25, 0.3) is 11.2 Å². The highest BCUT2D eigenvalue weighted by atomic mass is 16.6. The van der Waals surface area contributed by atoms with Gasteiger partial charge in [-0.05, 0) is 38.3 Å². The van der Waals surface area contributed by atoms with Crippen molar-refractivity contribution in [2.24, 2.45) is 0 Å². The molecule has 0 spiro atoms. The summed E-state index contributed by atoms with van der Waals surface area (Å²) in [5.41, 5.74) is 1.49. The molecular weight excluding hydrogens is 400 g/mol. The van der Waals surface area contributed by atoms with E-state index in [1.54, 1.807) is 4.57 Å². The maximum absolute atomic E-state index is 12.4. The van der Waals surface area contributed by atoms with Gasteiger partial charge < -0.3 is 14.0 Å². The fraction of sp³-hybridized carbons (Fsp3) is 0.455. The second-order valence-corrected chi connectivity index (χ2v) is 7.38. The molecule has 166 valence electrons. The molecule has 0 amide bonds.